The van der Waals surface area contributed by atoms with Crippen molar-refractivity contribution in [3.05, 3.63) is 48.0 Å². The van der Waals surface area contributed by atoms with Gasteiger partial charge in [0, 0.05) is 0 Å². The summed E-state index contributed by atoms with van der Waals surface area (Å²) in [6.07, 6.45) is 0. The van der Waals surface area contributed by atoms with Gasteiger partial charge in [0.1, 0.15) is 0 Å². The second kappa shape index (κ2) is 2.70. The van der Waals surface area contributed by atoms with Crippen molar-refractivity contribution in [1.29, 1.82) is 0 Å². The molecule has 3 rings (SSSR count). The maximum Gasteiger partial charge on any atom is 0.0715 e. The van der Waals surface area contributed by atoms with Crippen LogP contribution in [0.2, 0.25) is 0 Å². The van der Waals surface area contributed by atoms with Gasteiger partial charge in [0.05, 0.1) is 5.97 Å². The van der Waals surface area contributed by atoms with Crippen LogP contribution < -0.4 is 5.11 Å². The standard InChI is InChI=1S/C13H8O2/c14-13(15)8-5-6-11-9-3-1-2-4-10(9)12(11)7-8/h1-7H,(H,14,15)/p-1. The Morgan fingerprint density at radius 1 is 0.867 bits per heavy atom. The zero-order valence-corrected chi connectivity index (χ0v) is 7.86. The molecule has 2 aromatic rings. The molecule has 1 aliphatic rings. The predicted octanol–water partition coefficient (Wildman–Crippen LogP) is 1.70. The molecule has 0 saturated carbocycles. The van der Waals surface area contributed by atoms with Crippen molar-refractivity contribution in [2.24, 2.45) is 0 Å². The summed E-state index contributed by atoms with van der Waals surface area (Å²) in [7, 11) is 0. The Kier molecular flexibility index (Phi) is 1.48. The summed E-state index contributed by atoms with van der Waals surface area (Å²) >= 11 is 0. The molecule has 2 aromatic carbocycles. The molecule has 0 aromatic heterocycles. The van der Waals surface area contributed by atoms with E-state index in [2.05, 4.69) is 0 Å². The average molecular weight is 195 g/mol. The molecule has 0 saturated heterocycles. The number of carboxylic acid groups (broad SMARTS) is 1. The summed E-state index contributed by atoms with van der Waals surface area (Å²) in [5.74, 6) is -1.12. The SMILES string of the molecule is O=C([O-])c1ccc2c(c1)-c1ccccc1-2. The van der Waals surface area contributed by atoms with Crippen LogP contribution in [0.4, 0.5) is 0 Å². The number of fused-ring (bicyclic) bond motifs is 4. The molecular weight excluding hydrogens is 188 g/mol. The van der Waals surface area contributed by atoms with Gasteiger partial charge in [-0.05, 0) is 33.9 Å². The number of aromatic carboxylic acids is 1. The van der Waals surface area contributed by atoms with Gasteiger partial charge in [-0.3, -0.25) is 0 Å². The second-order valence-electron chi connectivity index (χ2n) is 3.59. The van der Waals surface area contributed by atoms with Crippen LogP contribution in [0.1, 0.15) is 10.4 Å². The first-order valence-corrected chi connectivity index (χ1v) is 4.72. The highest BCUT2D eigenvalue weighted by Crippen LogP contribution is 2.46. The third-order valence-electron chi connectivity index (χ3n) is 2.76. The molecule has 72 valence electrons. The fourth-order valence-electron chi connectivity index (χ4n) is 2.02. The molecule has 0 atom stereocenters. The predicted molar refractivity (Wildman–Crippen MR) is 55.2 cm³/mol. The summed E-state index contributed by atoms with van der Waals surface area (Å²) in [6.45, 7) is 0. The topological polar surface area (TPSA) is 40.1 Å². The number of hydrogen-bond acceptors (Lipinski definition) is 2. The average Bonchev–Trinajstić information content (AvgIpc) is 2.25. The molecule has 0 aliphatic heterocycles. The van der Waals surface area contributed by atoms with Gasteiger partial charge in [-0.25, -0.2) is 0 Å². The third-order valence-corrected chi connectivity index (χ3v) is 2.76. The van der Waals surface area contributed by atoms with E-state index in [1.807, 2.05) is 30.3 Å². The molecule has 0 heterocycles. The van der Waals surface area contributed by atoms with E-state index in [0.29, 0.717) is 0 Å². The van der Waals surface area contributed by atoms with Crippen LogP contribution >= 0.6 is 0 Å². The number of rotatable bonds is 1. The van der Waals surface area contributed by atoms with E-state index in [0.717, 1.165) is 16.7 Å². The molecule has 1 aliphatic carbocycles. The maximum absolute atomic E-state index is 10.7. The molecule has 0 unspecified atom stereocenters. The molecule has 15 heavy (non-hydrogen) atoms. The first-order chi connectivity index (χ1) is 7.27. The number of carbonyl (C=O) groups is 1. The van der Waals surface area contributed by atoms with Crippen molar-refractivity contribution >= 4 is 5.97 Å². The fraction of sp³-hybridized carbons (Fsp3) is 0. The lowest BCUT2D eigenvalue weighted by atomic mass is 9.80. The Hall–Kier alpha value is -2.09. The van der Waals surface area contributed by atoms with Gasteiger partial charge in [-0.1, -0.05) is 36.4 Å². The Morgan fingerprint density at radius 2 is 1.47 bits per heavy atom. The van der Waals surface area contributed by atoms with E-state index >= 15 is 0 Å². The molecule has 0 fully saturated rings. The van der Waals surface area contributed by atoms with Crippen molar-refractivity contribution < 1.29 is 9.90 Å². The molecule has 0 amide bonds. The first kappa shape index (κ1) is 8.24. The van der Waals surface area contributed by atoms with Crippen LogP contribution in [-0.4, -0.2) is 5.97 Å². The third kappa shape index (κ3) is 1.02. The quantitative estimate of drug-likeness (QED) is 0.592. The van der Waals surface area contributed by atoms with Crippen LogP contribution in [0.5, 0.6) is 0 Å². The van der Waals surface area contributed by atoms with Crippen molar-refractivity contribution in [3.8, 4) is 22.3 Å². The Balaban J connectivity index is 2.19. The maximum atomic E-state index is 10.7. The van der Waals surface area contributed by atoms with Gasteiger partial charge in [-0.15, -0.1) is 0 Å². The highest BCUT2D eigenvalue weighted by Gasteiger charge is 2.21. The lowest BCUT2D eigenvalue weighted by Gasteiger charge is -2.24. The molecule has 2 nitrogen and oxygen atoms in total. The minimum absolute atomic E-state index is 0.239. The zero-order chi connectivity index (χ0) is 10.4. The van der Waals surface area contributed by atoms with E-state index in [4.69, 9.17) is 0 Å². The van der Waals surface area contributed by atoms with E-state index < -0.39 is 5.97 Å². The van der Waals surface area contributed by atoms with Crippen LogP contribution in [0, 0.1) is 0 Å². The van der Waals surface area contributed by atoms with Gasteiger partial charge >= 0.3 is 0 Å². The zero-order valence-electron chi connectivity index (χ0n) is 7.86. The van der Waals surface area contributed by atoms with Crippen molar-refractivity contribution in [1.82, 2.24) is 0 Å². The summed E-state index contributed by atoms with van der Waals surface area (Å²) in [5.41, 5.74) is 4.68. The van der Waals surface area contributed by atoms with Gasteiger partial charge in [0.25, 0.3) is 0 Å². The monoisotopic (exact) mass is 195 g/mol. The van der Waals surface area contributed by atoms with E-state index in [1.54, 1.807) is 12.1 Å². The number of carbonyl (C=O) groups excluding carboxylic acids is 1. The normalized spacial score (nSPS) is 11.2. The van der Waals surface area contributed by atoms with E-state index in [-0.39, 0.29) is 5.56 Å². The fourth-order valence-corrected chi connectivity index (χ4v) is 2.02. The van der Waals surface area contributed by atoms with Gasteiger partial charge < -0.3 is 9.90 Å². The van der Waals surface area contributed by atoms with E-state index in [9.17, 15) is 9.90 Å². The summed E-state index contributed by atoms with van der Waals surface area (Å²) in [6, 6.07) is 13.1. The summed E-state index contributed by atoms with van der Waals surface area (Å²) in [5, 5.41) is 10.7. The largest absolute Gasteiger partial charge is 0.545 e. The summed E-state index contributed by atoms with van der Waals surface area (Å²) < 4.78 is 0. The lowest BCUT2D eigenvalue weighted by Crippen LogP contribution is -2.22. The highest BCUT2D eigenvalue weighted by atomic mass is 16.4. The van der Waals surface area contributed by atoms with E-state index in [1.165, 1.54) is 5.56 Å². The Bertz CT molecular complexity index is 570. The highest BCUT2D eigenvalue weighted by molar-refractivity contribution is 6.04. The minimum atomic E-state index is -1.12. The van der Waals surface area contributed by atoms with Gasteiger partial charge in [0.2, 0.25) is 0 Å². The Morgan fingerprint density at radius 3 is 2.13 bits per heavy atom. The molecule has 0 spiro atoms. The number of carboxylic acids is 1. The van der Waals surface area contributed by atoms with Gasteiger partial charge in [0.15, 0.2) is 0 Å². The Labute approximate surface area is 86.8 Å². The van der Waals surface area contributed by atoms with Crippen LogP contribution in [-0.2, 0) is 0 Å². The van der Waals surface area contributed by atoms with Crippen LogP contribution in [0.3, 0.4) is 0 Å². The molecule has 0 bridgehead atoms. The van der Waals surface area contributed by atoms with Crippen molar-refractivity contribution in [2.75, 3.05) is 0 Å². The minimum Gasteiger partial charge on any atom is -0.545 e. The number of hydrogen-bond donors (Lipinski definition) is 0. The van der Waals surface area contributed by atoms with Crippen LogP contribution in [0.15, 0.2) is 42.5 Å². The smallest absolute Gasteiger partial charge is 0.0715 e. The van der Waals surface area contributed by atoms with Crippen molar-refractivity contribution in [3.63, 3.8) is 0 Å². The molecule has 0 radical (unpaired) electrons. The molecule has 0 N–H and O–H groups in total. The lowest BCUT2D eigenvalue weighted by molar-refractivity contribution is -0.255. The first-order valence-electron chi connectivity index (χ1n) is 4.72. The van der Waals surface area contributed by atoms with Crippen molar-refractivity contribution in [2.45, 2.75) is 0 Å². The van der Waals surface area contributed by atoms with Crippen LogP contribution in [0.25, 0.3) is 22.3 Å². The number of benzene rings is 2. The summed E-state index contributed by atoms with van der Waals surface area (Å²) in [4.78, 5) is 10.7. The molecular formula is C13H7O2-. The van der Waals surface area contributed by atoms with Gasteiger partial charge in [-0.2, -0.15) is 0 Å². The molecule has 2 heteroatoms. The second-order valence-corrected chi connectivity index (χ2v) is 3.59.